The van der Waals surface area contributed by atoms with Gasteiger partial charge >= 0.3 is 5.97 Å². The lowest BCUT2D eigenvalue weighted by atomic mass is 10.1. The van der Waals surface area contributed by atoms with Crippen molar-refractivity contribution in [3.05, 3.63) is 143 Å². The smallest absolute Gasteiger partial charge is 0.322 e. The van der Waals surface area contributed by atoms with Gasteiger partial charge in [-0.15, -0.1) is 0 Å². The van der Waals surface area contributed by atoms with E-state index in [9.17, 15) is 23.3 Å². The Morgan fingerprint density at radius 1 is 0.885 bits per heavy atom. The van der Waals surface area contributed by atoms with E-state index in [1.807, 2.05) is 49.4 Å². The molecule has 1 amide bonds. The standard InChI is InChI=1S/C39H37N5O7S/c1-27-36(43-52(2,48)49)6-3-7-37(27)44(25-30-10-8-28(22-40)9-11-30)26-31-12-14-33(15-13-31)51-35-20-32(39(47)42-24-38(45)46)19-34(21-35)50-18-16-29-5-4-17-41-23-29/h3-15,17,19-21,23,43H,16,18,24-26H2,1-2H3,(H,42,47)(H,45,46). The van der Waals surface area contributed by atoms with Crippen LogP contribution in [0, 0.1) is 18.3 Å². The summed E-state index contributed by atoms with van der Waals surface area (Å²) in [6, 6.07) is 30.8. The minimum atomic E-state index is -3.50. The number of hydrogen-bond donors (Lipinski definition) is 3. The molecule has 0 unspecified atom stereocenters. The first-order valence-corrected chi connectivity index (χ1v) is 18.1. The average molecular weight is 720 g/mol. The quantitative estimate of drug-likeness (QED) is 0.109. The summed E-state index contributed by atoms with van der Waals surface area (Å²) in [5.41, 5.74) is 5.67. The topological polar surface area (TPSA) is 171 Å². The van der Waals surface area contributed by atoms with Gasteiger partial charge in [-0.2, -0.15) is 5.26 Å². The van der Waals surface area contributed by atoms with E-state index in [4.69, 9.17) is 14.6 Å². The molecule has 13 heteroatoms. The summed E-state index contributed by atoms with van der Waals surface area (Å²) in [5, 5.41) is 20.7. The predicted molar refractivity (Wildman–Crippen MR) is 197 cm³/mol. The van der Waals surface area contributed by atoms with Crippen molar-refractivity contribution in [1.82, 2.24) is 10.3 Å². The minimum Gasteiger partial charge on any atom is -0.493 e. The Hall–Kier alpha value is -6.39. The fraction of sp³-hybridized carbons (Fsp3) is 0.179. The second-order valence-corrected chi connectivity index (χ2v) is 13.7. The highest BCUT2D eigenvalue weighted by atomic mass is 32.2. The monoisotopic (exact) mass is 719 g/mol. The second-order valence-electron chi connectivity index (χ2n) is 12.0. The van der Waals surface area contributed by atoms with Crippen LogP contribution in [0.1, 0.15) is 38.2 Å². The maximum absolute atomic E-state index is 12.8. The van der Waals surface area contributed by atoms with Crippen LogP contribution >= 0.6 is 0 Å². The number of benzene rings is 4. The number of pyridine rings is 1. The summed E-state index contributed by atoms with van der Waals surface area (Å²) in [6.45, 7) is 2.57. The van der Waals surface area contributed by atoms with Crippen molar-refractivity contribution in [3.63, 3.8) is 0 Å². The van der Waals surface area contributed by atoms with Crippen molar-refractivity contribution in [2.24, 2.45) is 0 Å². The third kappa shape index (κ3) is 10.8. The first kappa shape index (κ1) is 36.9. The molecule has 266 valence electrons. The largest absolute Gasteiger partial charge is 0.493 e. The summed E-state index contributed by atoms with van der Waals surface area (Å²) in [6.07, 6.45) is 5.13. The Balaban J connectivity index is 1.37. The van der Waals surface area contributed by atoms with Crippen LogP contribution < -0.4 is 24.4 Å². The Morgan fingerprint density at radius 3 is 2.21 bits per heavy atom. The predicted octanol–water partition coefficient (Wildman–Crippen LogP) is 6.07. The van der Waals surface area contributed by atoms with E-state index in [-0.39, 0.29) is 5.56 Å². The van der Waals surface area contributed by atoms with Gasteiger partial charge in [-0.05, 0) is 83.8 Å². The van der Waals surface area contributed by atoms with Crippen LogP contribution in [0.3, 0.4) is 0 Å². The van der Waals surface area contributed by atoms with Crippen molar-refractivity contribution < 1.29 is 32.6 Å². The van der Waals surface area contributed by atoms with E-state index >= 15 is 0 Å². The van der Waals surface area contributed by atoms with E-state index in [0.717, 1.165) is 34.2 Å². The maximum Gasteiger partial charge on any atom is 0.322 e. The Bertz CT molecular complexity index is 2170. The van der Waals surface area contributed by atoms with Gasteiger partial charge in [0.1, 0.15) is 23.8 Å². The number of nitrogens with one attached hydrogen (secondary N) is 2. The van der Waals surface area contributed by atoms with Gasteiger partial charge in [-0.1, -0.05) is 36.4 Å². The Kier molecular flexibility index (Phi) is 12.1. The third-order valence-electron chi connectivity index (χ3n) is 7.85. The molecule has 0 radical (unpaired) electrons. The molecule has 0 bridgehead atoms. The number of carbonyl (C=O) groups excluding carboxylic acids is 1. The van der Waals surface area contributed by atoms with Gasteiger partial charge in [0.15, 0.2) is 0 Å². The molecule has 12 nitrogen and oxygen atoms in total. The van der Waals surface area contributed by atoms with Crippen LogP contribution in [-0.2, 0) is 34.3 Å². The highest BCUT2D eigenvalue weighted by Crippen LogP contribution is 2.32. The van der Waals surface area contributed by atoms with E-state index < -0.39 is 28.4 Å². The second kappa shape index (κ2) is 17.0. The van der Waals surface area contributed by atoms with Gasteiger partial charge in [0.2, 0.25) is 10.0 Å². The van der Waals surface area contributed by atoms with Gasteiger partial charge < -0.3 is 24.8 Å². The molecule has 0 atom stereocenters. The molecule has 3 N–H and O–H groups in total. The molecule has 5 rings (SSSR count). The van der Waals surface area contributed by atoms with Crippen LogP contribution in [-0.4, -0.2) is 49.8 Å². The lowest BCUT2D eigenvalue weighted by Gasteiger charge is -2.28. The van der Waals surface area contributed by atoms with Gasteiger partial charge in [-0.25, -0.2) is 8.42 Å². The zero-order chi connectivity index (χ0) is 37.1. The fourth-order valence-electron chi connectivity index (χ4n) is 5.36. The number of carboxylic acid groups (broad SMARTS) is 1. The zero-order valence-corrected chi connectivity index (χ0v) is 29.4. The number of rotatable bonds is 16. The summed E-state index contributed by atoms with van der Waals surface area (Å²) < 4.78 is 38.8. The number of anilines is 2. The lowest BCUT2D eigenvalue weighted by molar-refractivity contribution is -0.135. The number of carbonyl (C=O) groups is 2. The maximum atomic E-state index is 12.8. The fourth-order valence-corrected chi connectivity index (χ4v) is 5.98. The molecule has 0 saturated carbocycles. The molecule has 1 heterocycles. The van der Waals surface area contributed by atoms with Crippen LogP contribution in [0.4, 0.5) is 11.4 Å². The number of nitrogens with zero attached hydrogens (tertiary/aromatic N) is 3. The summed E-state index contributed by atoms with van der Waals surface area (Å²) in [5.74, 6) is -0.575. The first-order chi connectivity index (χ1) is 25.0. The van der Waals surface area contributed by atoms with E-state index in [2.05, 4.69) is 26.0 Å². The van der Waals surface area contributed by atoms with Gasteiger partial charge in [-0.3, -0.25) is 19.3 Å². The number of ether oxygens (including phenoxy) is 2. The SMILES string of the molecule is Cc1c(NS(C)(=O)=O)cccc1N(Cc1ccc(C#N)cc1)Cc1ccc(Oc2cc(OCCc3cccnc3)cc(C(=O)NCC(=O)O)c2)cc1. The van der Waals surface area contributed by atoms with Crippen molar-refractivity contribution in [2.45, 2.75) is 26.4 Å². The van der Waals surface area contributed by atoms with E-state index in [1.54, 1.807) is 54.9 Å². The zero-order valence-electron chi connectivity index (χ0n) is 28.6. The first-order valence-electron chi connectivity index (χ1n) is 16.2. The molecule has 52 heavy (non-hydrogen) atoms. The molecule has 0 spiro atoms. The number of carboxylic acids is 1. The molecule has 5 aromatic rings. The molecule has 0 saturated heterocycles. The van der Waals surface area contributed by atoms with Crippen molar-refractivity contribution in [3.8, 4) is 23.3 Å². The highest BCUT2D eigenvalue weighted by Gasteiger charge is 2.16. The number of nitriles is 1. The number of aliphatic carboxylic acids is 1. The van der Waals surface area contributed by atoms with Crippen LogP contribution in [0.5, 0.6) is 17.2 Å². The third-order valence-corrected chi connectivity index (χ3v) is 8.45. The highest BCUT2D eigenvalue weighted by molar-refractivity contribution is 7.92. The normalized spacial score (nSPS) is 10.9. The Labute approximate surface area is 302 Å². The molecular weight excluding hydrogens is 683 g/mol. The lowest BCUT2D eigenvalue weighted by Crippen LogP contribution is -2.29. The number of aromatic nitrogens is 1. The molecule has 1 aromatic heterocycles. The van der Waals surface area contributed by atoms with Crippen molar-refractivity contribution >= 4 is 33.3 Å². The van der Waals surface area contributed by atoms with Crippen molar-refractivity contribution in [1.29, 1.82) is 5.26 Å². The average Bonchev–Trinajstić information content (AvgIpc) is 3.12. The van der Waals surface area contributed by atoms with Gasteiger partial charge in [0, 0.05) is 49.2 Å². The number of amides is 1. The van der Waals surface area contributed by atoms with Crippen LogP contribution in [0.2, 0.25) is 0 Å². The summed E-state index contributed by atoms with van der Waals surface area (Å²) >= 11 is 0. The van der Waals surface area contributed by atoms with Gasteiger partial charge in [0.05, 0.1) is 30.2 Å². The molecule has 0 fully saturated rings. The number of sulfonamides is 1. The van der Waals surface area contributed by atoms with Crippen LogP contribution in [0.15, 0.2) is 109 Å². The molecule has 0 aliphatic carbocycles. The summed E-state index contributed by atoms with van der Waals surface area (Å²) in [4.78, 5) is 30.1. The van der Waals surface area contributed by atoms with Crippen molar-refractivity contribution in [2.75, 3.05) is 29.0 Å². The molecule has 4 aromatic carbocycles. The van der Waals surface area contributed by atoms with Crippen LogP contribution in [0.25, 0.3) is 0 Å². The van der Waals surface area contributed by atoms with E-state index in [0.29, 0.717) is 54.6 Å². The minimum absolute atomic E-state index is 0.174. The van der Waals surface area contributed by atoms with E-state index in [1.165, 1.54) is 12.1 Å². The number of hydrogen-bond acceptors (Lipinski definition) is 9. The summed E-state index contributed by atoms with van der Waals surface area (Å²) in [7, 11) is -3.50. The van der Waals surface area contributed by atoms with Gasteiger partial charge in [0.25, 0.3) is 5.91 Å². The molecule has 0 aliphatic heterocycles. The Morgan fingerprint density at radius 2 is 1.58 bits per heavy atom. The molecular formula is C39H37N5O7S. The molecule has 0 aliphatic rings.